The van der Waals surface area contributed by atoms with E-state index in [9.17, 15) is 9.59 Å². The molecule has 1 aromatic carbocycles. The summed E-state index contributed by atoms with van der Waals surface area (Å²) in [6, 6.07) is 6.92. The van der Waals surface area contributed by atoms with Crippen LogP contribution in [0.2, 0.25) is 0 Å². The van der Waals surface area contributed by atoms with E-state index in [1.54, 1.807) is 24.3 Å². The number of anilines is 1. The van der Waals surface area contributed by atoms with E-state index in [0.29, 0.717) is 11.3 Å². The molecule has 0 fully saturated rings. The smallest absolute Gasteiger partial charge is 0.231 e. The quantitative estimate of drug-likeness (QED) is 0.726. The van der Waals surface area contributed by atoms with Crippen LogP contribution in [0, 0.1) is 0 Å². The number of ketones is 1. The first-order chi connectivity index (χ1) is 7.13. The van der Waals surface area contributed by atoms with E-state index in [1.807, 2.05) is 0 Å². The molecule has 0 radical (unpaired) electrons. The lowest BCUT2D eigenvalue weighted by Gasteiger charge is -2.07. The summed E-state index contributed by atoms with van der Waals surface area (Å²) in [4.78, 5) is 22.0. The SMILES string of the molecule is CC(=O)CC(=O)Nc1ccccc1CO. The molecule has 0 unspecified atom stereocenters. The minimum atomic E-state index is -0.358. The maximum Gasteiger partial charge on any atom is 0.231 e. The summed E-state index contributed by atoms with van der Waals surface area (Å²) in [7, 11) is 0. The van der Waals surface area contributed by atoms with Gasteiger partial charge in [-0.15, -0.1) is 0 Å². The van der Waals surface area contributed by atoms with E-state index in [2.05, 4.69) is 5.32 Å². The van der Waals surface area contributed by atoms with Gasteiger partial charge in [0.25, 0.3) is 0 Å². The number of aliphatic hydroxyl groups is 1. The number of para-hydroxylation sites is 1. The van der Waals surface area contributed by atoms with Crippen molar-refractivity contribution in [3.63, 3.8) is 0 Å². The molecule has 0 saturated carbocycles. The van der Waals surface area contributed by atoms with Crippen LogP contribution in [0.5, 0.6) is 0 Å². The van der Waals surface area contributed by atoms with Crippen LogP contribution in [-0.2, 0) is 16.2 Å². The summed E-state index contributed by atoms with van der Waals surface area (Å²) >= 11 is 0. The van der Waals surface area contributed by atoms with E-state index < -0.39 is 0 Å². The number of Topliss-reactive ketones (excluding diaryl/α,β-unsaturated/α-hetero) is 1. The molecule has 15 heavy (non-hydrogen) atoms. The van der Waals surface area contributed by atoms with Gasteiger partial charge >= 0.3 is 0 Å². The third-order valence-electron chi connectivity index (χ3n) is 1.87. The van der Waals surface area contributed by atoms with Gasteiger partial charge in [-0.2, -0.15) is 0 Å². The molecular formula is C11H13NO3. The highest BCUT2D eigenvalue weighted by molar-refractivity contribution is 6.03. The fourth-order valence-electron chi connectivity index (χ4n) is 1.20. The van der Waals surface area contributed by atoms with Crippen molar-refractivity contribution in [2.24, 2.45) is 0 Å². The topological polar surface area (TPSA) is 66.4 Å². The molecule has 0 heterocycles. The standard InChI is InChI=1S/C11H13NO3/c1-8(14)6-11(15)12-10-5-3-2-4-9(10)7-13/h2-5,13H,6-7H2,1H3,(H,12,15). The number of rotatable bonds is 4. The molecular weight excluding hydrogens is 194 g/mol. The summed E-state index contributed by atoms with van der Waals surface area (Å²) in [6.45, 7) is 1.22. The molecule has 0 spiro atoms. The lowest BCUT2D eigenvalue weighted by atomic mass is 10.2. The fraction of sp³-hybridized carbons (Fsp3) is 0.273. The van der Waals surface area contributed by atoms with Crippen molar-refractivity contribution in [1.29, 1.82) is 0 Å². The van der Waals surface area contributed by atoms with Gasteiger partial charge in [0.1, 0.15) is 5.78 Å². The van der Waals surface area contributed by atoms with Crippen molar-refractivity contribution in [2.45, 2.75) is 20.0 Å². The summed E-state index contributed by atoms with van der Waals surface area (Å²) in [5.41, 5.74) is 1.18. The van der Waals surface area contributed by atoms with Gasteiger partial charge in [0.2, 0.25) is 5.91 Å². The highest BCUT2D eigenvalue weighted by atomic mass is 16.3. The molecule has 4 heteroatoms. The third-order valence-corrected chi connectivity index (χ3v) is 1.87. The van der Waals surface area contributed by atoms with Gasteiger partial charge in [-0.3, -0.25) is 9.59 Å². The summed E-state index contributed by atoms with van der Waals surface area (Å²) < 4.78 is 0. The number of benzene rings is 1. The van der Waals surface area contributed by atoms with Crippen molar-refractivity contribution >= 4 is 17.4 Å². The van der Waals surface area contributed by atoms with Gasteiger partial charge in [0.15, 0.2) is 0 Å². The fourth-order valence-corrected chi connectivity index (χ4v) is 1.20. The first-order valence-electron chi connectivity index (χ1n) is 4.61. The Labute approximate surface area is 87.9 Å². The van der Waals surface area contributed by atoms with E-state index in [0.717, 1.165) is 0 Å². The third kappa shape index (κ3) is 3.52. The van der Waals surface area contributed by atoms with Crippen LogP contribution in [0.4, 0.5) is 5.69 Å². The minimum Gasteiger partial charge on any atom is -0.392 e. The molecule has 0 aliphatic carbocycles. The molecule has 0 aromatic heterocycles. The van der Waals surface area contributed by atoms with Crippen LogP contribution in [0.25, 0.3) is 0 Å². The molecule has 0 atom stereocenters. The maximum atomic E-state index is 11.3. The average Bonchev–Trinajstić information content (AvgIpc) is 2.17. The van der Waals surface area contributed by atoms with Gasteiger partial charge in [-0.05, 0) is 13.0 Å². The Morgan fingerprint density at radius 2 is 2.00 bits per heavy atom. The van der Waals surface area contributed by atoms with Crippen molar-refractivity contribution in [2.75, 3.05) is 5.32 Å². The second-order valence-electron chi connectivity index (χ2n) is 3.24. The Balaban J connectivity index is 2.71. The van der Waals surface area contributed by atoms with Gasteiger partial charge < -0.3 is 10.4 Å². The van der Waals surface area contributed by atoms with Crippen LogP contribution in [0.1, 0.15) is 18.9 Å². The van der Waals surface area contributed by atoms with E-state index >= 15 is 0 Å². The zero-order valence-electron chi connectivity index (χ0n) is 8.49. The van der Waals surface area contributed by atoms with Crippen LogP contribution < -0.4 is 5.32 Å². The van der Waals surface area contributed by atoms with Crippen molar-refractivity contribution < 1.29 is 14.7 Å². The van der Waals surface area contributed by atoms with E-state index in [-0.39, 0.29) is 24.7 Å². The molecule has 2 N–H and O–H groups in total. The molecule has 0 aliphatic heterocycles. The second-order valence-corrected chi connectivity index (χ2v) is 3.24. The molecule has 1 amide bonds. The number of amides is 1. The largest absolute Gasteiger partial charge is 0.392 e. The van der Waals surface area contributed by atoms with Gasteiger partial charge in [0.05, 0.1) is 13.0 Å². The summed E-state index contributed by atoms with van der Waals surface area (Å²) in [6.07, 6.45) is -0.139. The van der Waals surface area contributed by atoms with E-state index in [4.69, 9.17) is 5.11 Å². The number of hydrogen-bond donors (Lipinski definition) is 2. The van der Waals surface area contributed by atoms with Crippen molar-refractivity contribution in [3.8, 4) is 0 Å². The zero-order valence-corrected chi connectivity index (χ0v) is 8.49. The number of nitrogens with one attached hydrogen (secondary N) is 1. The Hall–Kier alpha value is -1.68. The predicted molar refractivity (Wildman–Crippen MR) is 56.3 cm³/mol. The van der Waals surface area contributed by atoms with Crippen molar-refractivity contribution in [1.82, 2.24) is 0 Å². The van der Waals surface area contributed by atoms with Crippen LogP contribution in [0.15, 0.2) is 24.3 Å². The van der Waals surface area contributed by atoms with E-state index in [1.165, 1.54) is 6.92 Å². The monoisotopic (exact) mass is 207 g/mol. The lowest BCUT2D eigenvalue weighted by molar-refractivity contribution is -0.124. The van der Waals surface area contributed by atoms with Crippen LogP contribution >= 0.6 is 0 Å². The molecule has 1 aromatic rings. The van der Waals surface area contributed by atoms with Crippen LogP contribution in [0.3, 0.4) is 0 Å². The van der Waals surface area contributed by atoms with Crippen LogP contribution in [-0.4, -0.2) is 16.8 Å². The second kappa shape index (κ2) is 5.26. The highest BCUT2D eigenvalue weighted by Crippen LogP contribution is 2.14. The number of aliphatic hydroxyl groups excluding tert-OH is 1. The Morgan fingerprint density at radius 1 is 1.33 bits per heavy atom. The number of hydrogen-bond acceptors (Lipinski definition) is 3. The molecule has 0 aliphatic rings. The average molecular weight is 207 g/mol. The molecule has 4 nitrogen and oxygen atoms in total. The van der Waals surface area contributed by atoms with Gasteiger partial charge in [-0.25, -0.2) is 0 Å². The molecule has 1 rings (SSSR count). The zero-order chi connectivity index (χ0) is 11.3. The number of carbonyl (C=O) groups is 2. The first-order valence-corrected chi connectivity index (χ1v) is 4.61. The molecule has 0 bridgehead atoms. The van der Waals surface area contributed by atoms with Crippen molar-refractivity contribution in [3.05, 3.63) is 29.8 Å². The predicted octanol–water partition coefficient (Wildman–Crippen LogP) is 1.10. The Morgan fingerprint density at radius 3 is 2.60 bits per heavy atom. The first kappa shape index (κ1) is 11.4. The summed E-state index contributed by atoms with van der Waals surface area (Å²) in [5, 5.41) is 11.6. The number of carbonyl (C=O) groups excluding carboxylic acids is 2. The lowest BCUT2D eigenvalue weighted by Crippen LogP contribution is -2.15. The maximum absolute atomic E-state index is 11.3. The van der Waals surface area contributed by atoms with Gasteiger partial charge in [-0.1, -0.05) is 18.2 Å². The Kier molecular flexibility index (Phi) is 4.00. The summed E-state index contributed by atoms with van der Waals surface area (Å²) in [5.74, 6) is -0.544. The Bertz CT molecular complexity index is 374. The molecule has 0 saturated heterocycles. The molecule has 80 valence electrons. The highest BCUT2D eigenvalue weighted by Gasteiger charge is 2.07. The normalized spacial score (nSPS) is 9.73. The van der Waals surface area contributed by atoms with Gasteiger partial charge in [0, 0.05) is 11.3 Å². The minimum absolute atomic E-state index is 0.139.